The molecule has 1 rings (SSSR count). The van der Waals surface area contributed by atoms with Crippen LogP contribution < -0.4 is 5.32 Å². The Morgan fingerprint density at radius 2 is 2.14 bits per heavy atom. The first-order chi connectivity index (χ1) is 10.0. The quantitative estimate of drug-likeness (QED) is 0.643. The maximum absolute atomic E-state index is 12.1. The van der Waals surface area contributed by atoms with Crippen LogP contribution in [-0.2, 0) is 19.6 Å². The summed E-state index contributed by atoms with van der Waals surface area (Å²) in [6.07, 6.45) is 2.90. The summed E-state index contributed by atoms with van der Waals surface area (Å²) in [4.78, 5) is 12.1. The molecule has 6 nitrogen and oxygen atoms in total. The Morgan fingerprint density at radius 3 is 2.81 bits per heavy atom. The summed E-state index contributed by atoms with van der Waals surface area (Å²) in [5, 5.41) is 2.87. The largest absolute Gasteiger partial charge is 0.382 e. The van der Waals surface area contributed by atoms with E-state index in [1.807, 2.05) is 13.8 Å². The molecule has 124 valence electrons. The van der Waals surface area contributed by atoms with Gasteiger partial charge in [0.15, 0.2) is 0 Å². The highest BCUT2D eigenvalue weighted by molar-refractivity contribution is 7.89. The molecule has 0 radical (unpaired) electrons. The van der Waals surface area contributed by atoms with Gasteiger partial charge < -0.3 is 10.1 Å². The van der Waals surface area contributed by atoms with Gasteiger partial charge in [0.05, 0.1) is 11.7 Å². The molecule has 1 fully saturated rings. The van der Waals surface area contributed by atoms with Gasteiger partial charge in [0.2, 0.25) is 15.9 Å². The van der Waals surface area contributed by atoms with E-state index in [2.05, 4.69) is 5.32 Å². The number of sulfonamides is 1. The van der Waals surface area contributed by atoms with Gasteiger partial charge in [-0.25, -0.2) is 12.7 Å². The summed E-state index contributed by atoms with van der Waals surface area (Å²) < 4.78 is 30.8. The first kappa shape index (κ1) is 18.4. The minimum Gasteiger partial charge on any atom is -0.382 e. The number of carbonyl (C=O) groups is 1. The highest BCUT2D eigenvalue weighted by Gasteiger charge is 2.31. The van der Waals surface area contributed by atoms with Crippen molar-refractivity contribution in [2.45, 2.75) is 39.5 Å². The second kappa shape index (κ2) is 9.38. The van der Waals surface area contributed by atoms with Crippen molar-refractivity contribution in [3.05, 3.63) is 0 Å². The van der Waals surface area contributed by atoms with Gasteiger partial charge in [-0.05, 0) is 32.6 Å². The van der Waals surface area contributed by atoms with Crippen molar-refractivity contribution in [3.63, 3.8) is 0 Å². The predicted molar refractivity (Wildman–Crippen MR) is 82.5 cm³/mol. The Hall–Kier alpha value is -0.660. The highest BCUT2D eigenvalue weighted by atomic mass is 32.2. The zero-order valence-corrected chi connectivity index (χ0v) is 14.0. The summed E-state index contributed by atoms with van der Waals surface area (Å²) >= 11 is 0. The highest BCUT2D eigenvalue weighted by Crippen LogP contribution is 2.20. The first-order valence-corrected chi connectivity index (χ1v) is 9.45. The number of hydrogen-bond donors (Lipinski definition) is 1. The van der Waals surface area contributed by atoms with E-state index in [9.17, 15) is 13.2 Å². The molecule has 0 aliphatic carbocycles. The normalized spacial score (nSPS) is 20.4. The van der Waals surface area contributed by atoms with Gasteiger partial charge in [-0.15, -0.1) is 0 Å². The molecule has 21 heavy (non-hydrogen) atoms. The molecule has 0 aromatic carbocycles. The fourth-order valence-corrected chi connectivity index (χ4v) is 4.06. The number of piperidine rings is 1. The van der Waals surface area contributed by atoms with Gasteiger partial charge in [-0.3, -0.25) is 4.79 Å². The summed E-state index contributed by atoms with van der Waals surface area (Å²) in [7, 11) is -3.20. The van der Waals surface area contributed by atoms with E-state index in [4.69, 9.17) is 4.74 Å². The van der Waals surface area contributed by atoms with E-state index in [1.54, 1.807) is 0 Å². The molecule has 7 heteroatoms. The van der Waals surface area contributed by atoms with E-state index < -0.39 is 10.0 Å². The van der Waals surface area contributed by atoms with Crippen LogP contribution in [0.5, 0.6) is 0 Å². The monoisotopic (exact) mass is 320 g/mol. The van der Waals surface area contributed by atoms with Crippen LogP contribution in [0.15, 0.2) is 0 Å². The number of ether oxygens (including phenoxy) is 1. The summed E-state index contributed by atoms with van der Waals surface area (Å²) in [5.74, 6) is -0.101. The van der Waals surface area contributed by atoms with Gasteiger partial charge in [-0.1, -0.05) is 6.92 Å². The Morgan fingerprint density at radius 1 is 1.38 bits per heavy atom. The molecule has 1 aliphatic heterocycles. The lowest BCUT2D eigenvalue weighted by Crippen LogP contribution is -2.46. The molecule has 1 saturated heterocycles. The zero-order chi connectivity index (χ0) is 15.7. The topological polar surface area (TPSA) is 75.7 Å². The summed E-state index contributed by atoms with van der Waals surface area (Å²) in [6.45, 7) is 6.54. The fourth-order valence-electron chi connectivity index (χ4n) is 2.47. The smallest absolute Gasteiger partial charge is 0.224 e. The minimum atomic E-state index is -3.20. The molecule has 0 bridgehead atoms. The maximum Gasteiger partial charge on any atom is 0.224 e. The molecule has 0 spiro atoms. The van der Waals surface area contributed by atoms with Crippen LogP contribution in [-0.4, -0.2) is 57.2 Å². The molecule has 0 unspecified atom stereocenters. The summed E-state index contributed by atoms with van der Waals surface area (Å²) in [5.41, 5.74) is 0. The number of rotatable bonds is 9. The molecular formula is C14H28N2O4S. The van der Waals surface area contributed by atoms with Crippen LogP contribution in [0, 0.1) is 5.92 Å². The molecule has 1 heterocycles. The number of amides is 1. The Balaban J connectivity index is 2.39. The van der Waals surface area contributed by atoms with E-state index in [0.29, 0.717) is 39.3 Å². The van der Waals surface area contributed by atoms with Crippen LogP contribution in [0.4, 0.5) is 0 Å². The van der Waals surface area contributed by atoms with Crippen molar-refractivity contribution < 1.29 is 17.9 Å². The summed E-state index contributed by atoms with van der Waals surface area (Å²) in [6, 6.07) is 0. The van der Waals surface area contributed by atoms with Crippen molar-refractivity contribution >= 4 is 15.9 Å². The van der Waals surface area contributed by atoms with Crippen molar-refractivity contribution in [3.8, 4) is 0 Å². The van der Waals surface area contributed by atoms with Gasteiger partial charge in [0, 0.05) is 32.8 Å². The van der Waals surface area contributed by atoms with E-state index >= 15 is 0 Å². The van der Waals surface area contributed by atoms with Gasteiger partial charge in [0.1, 0.15) is 0 Å². The van der Waals surface area contributed by atoms with Gasteiger partial charge >= 0.3 is 0 Å². The third kappa shape index (κ3) is 6.32. The standard InChI is InChI=1S/C14H28N2O4S/c1-3-11-21(18,19)16-9-5-7-13(12-16)14(17)15-8-6-10-20-4-2/h13H,3-12H2,1-2H3,(H,15,17)/t13-/m1/s1. The Labute approximate surface area is 128 Å². The number of hydrogen-bond acceptors (Lipinski definition) is 4. The van der Waals surface area contributed by atoms with Gasteiger partial charge in [0.25, 0.3) is 0 Å². The number of nitrogens with zero attached hydrogens (tertiary/aromatic N) is 1. The third-order valence-corrected chi connectivity index (χ3v) is 5.62. The van der Waals surface area contributed by atoms with Crippen molar-refractivity contribution in [1.29, 1.82) is 0 Å². The van der Waals surface area contributed by atoms with Crippen molar-refractivity contribution in [1.82, 2.24) is 9.62 Å². The number of carbonyl (C=O) groups excluding carboxylic acids is 1. The van der Waals surface area contributed by atoms with E-state index in [-0.39, 0.29) is 17.6 Å². The Bertz CT molecular complexity index is 411. The van der Waals surface area contributed by atoms with E-state index in [0.717, 1.165) is 19.3 Å². The maximum atomic E-state index is 12.1. The average Bonchev–Trinajstić information content (AvgIpc) is 2.47. The van der Waals surface area contributed by atoms with Crippen LogP contribution in [0.25, 0.3) is 0 Å². The predicted octanol–water partition coefficient (Wildman–Crippen LogP) is 0.981. The second-order valence-electron chi connectivity index (χ2n) is 5.35. The molecule has 1 amide bonds. The van der Waals surface area contributed by atoms with Crippen LogP contribution in [0.2, 0.25) is 0 Å². The zero-order valence-electron chi connectivity index (χ0n) is 13.1. The lowest BCUT2D eigenvalue weighted by Gasteiger charge is -2.31. The molecule has 0 aromatic heterocycles. The minimum absolute atomic E-state index is 0.0390. The van der Waals surface area contributed by atoms with Crippen LogP contribution in [0.3, 0.4) is 0 Å². The van der Waals surface area contributed by atoms with E-state index in [1.165, 1.54) is 4.31 Å². The molecular weight excluding hydrogens is 292 g/mol. The first-order valence-electron chi connectivity index (χ1n) is 7.84. The number of nitrogens with one attached hydrogen (secondary N) is 1. The molecule has 1 N–H and O–H groups in total. The third-order valence-electron chi connectivity index (χ3n) is 3.58. The molecule has 0 aromatic rings. The second-order valence-corrected chi connectivity index (χ2v) is 7.44. The van der Waals surface area contributed by atoms with Crippen LogP contribution in [0.1, 0.15) is 39.5 Å². The molecule has 0 saturated carbocycles. The van der Waals surface area contributed by atoms with Crippen molar-refractivity contribution in [2.24, 2.45) is 5.92 Å². The lowest BCUT2D eigenvalue weighted by atomic mass is 9.99. The SMILES string of the molecule is CCCS(=O)(=O)N1CCC[C@@H](C(=O)NCCCOCC)C1. The fraction of sp³-hybridized carbons (Fsp3) is 0.929. The van der Waals surface area contributed by atoms with Gasteiger partial charge in [-0.2, -0.15) is 0 Å². The van der Waals surface area contributed by atoms with Crippen molar-refractivity contribution in [2.75, 3.05) is 38.6 Å². The Kier molecular flexibility index (Phi) is 8.21. The molecule has 1 atom stereocenters. The average molecular weight is 320 g/mol. The lowest BCUT2D eigenvalue weighted by molar-refractivity contribution is -0.126. The molecule has 1 aliphatic rings. The van der Waals surface area contributed by atoms with Crippen LogP contribution >= 0.6 is 0 Å².